The Labute approximate surface area is 131 Å². The van der Waals surface area contributed by atoms with E-state index in [1.165, 1.54) is 0 Å². The molecule has 3 fully saturated rings. The molecule has 0 radical (unpaired) electrons. The molecule has 0 spiro atoms. The lowest BCUT2D eigenvalue weighted by atomic mass is 9.97. The van der Waals surface area contributed by atoms with E-state index in [9.17, 15) is 8.42 Å². The number of piperidine rings is 1. The lowest BCUT2D eigenvalue weighted by molar-refractivity contribution is 0.229. The highest BCUT2D eigenvalue weighted by atomic mass is 35.5. The molecule has 116 valence electrons. The third kappa shape index (κ3) is 2.72. The van der Waals surface area contributed by atoms with E-state index in [-0.39, 0.29) is 10.9 Å². The van der Waals surface area contributed by atoms with Crippen LogP contribution in [0.3, 0.4) is 0 Å². The highest BCUT2D eigenvalue weighted by Crippen LogP contribution is 2.35. The molecule has 2 atom stereocenters. The van der Waals surface area contributed by atoms with Gasteiger partial charge in [-0.15, -0.1) is 0 Å². The van der Waals surface area contributed by atoms with Gasteiger partial charge in [-0.1, -0.05) is 23.7 Å². The number of benzene rings is 1. The van der Waals surface area contributed by atoms with Crippen LogP contribution in [-0.4, -0.2) is 50.3 Å². The Morgan fingerprint density at radius 1 is 1.19 bits per heavy atom. The standard InChI is InChI=1S/C15H21ClN2O2S/c1-11-4-3-5-14(16)15(11)21(19,20)18-9-12-6-7-13(18)10-17(2)8-12/h3-5,12-13H,6-10H2,1-2H3/t12-,13+/m0/s1. The van der Waals surface area contributed by atoms with E-state index < -0.39 is 10.0 Å². The molecule has 6 heteroatoms. The summed E-state index contributed by atoms with van der Waals surface area (Å²) in [5, 5.41) is 0.323. The molecule has 0 amide bonds. The molecule has 3 aliphatic rings. The summed E-state index contributed by atoms with van der Waals surface area (Å²) in [6, 6.07) is 5.32. The first-order valence-corrected chi connectivity index (χ1v) is 9.17. The molecule has 0 aliphatic carbocycles. The van der Waals surface area contributed by atoms with Gasteiger partial charge in [0.2, 0.25) is 10.0 Å². The molecule has 21 heavy (non-hydrogen) atoms. The Kier molecular flexibility index (Phi) is 4.03. The van der Waals surface area contributed by atoms with E-state index in [1.54, 1.807) is 29.4 Å². The van der Waals surface area contributed by atoms with Crippen LogP contribution in [0.15, 0.2) is 23.1 Å². The maximum absolute atomic E-state index is 13.1. The van der Waals surface area contributed by atoms with Gasteiger partial charge in [-0.3, -0.25) is 0 Å². The van der Waals surface area contributed by atoms with Crippen molar-refractivity contribution < 1.29 is 8.42 Å². The molecule has 3 saturated heterocycles. The highest BCUT2D eigenvalue weighted by molar-refractivity contribution is 7.89. The van der Waals surface area contributed by atoms with Gasteiger partial charge < -0.3 is 4.90 Å². The predicted octanol–water partition coefficient (Wildman–Crippen LogP) is 2.36. The fourth-order valence-electron chi connectivity index (χ4n) is 3.63. The maximum Gasteiger partial charge on any atom is 0.245 e. The summed E-state index contributed by atoms with van der Waals surface area (Å²) >= 11 is 6.19. The quantitative estimate of drug-likeness (QED) is 0.837. The van der Waals surface area contributed by atoms with Gasteiger partial charge in [0.05, 0.1) is 5.02 Å². The van der Waals surface area contributed by atoms with Gasteiger partial charge in [0.25, 0.3) is 0 Å². The van der Waals surface area contributed by atoms with Crippen LogP contribution in [-0.2, 0) is 10.0 Å². The van der Waals surface area contributed by atoms with Gasteiger partial charge in [0.15, 0.2) is 0 Å². The Morgan fingerprint density at radius 2 is 1.95 bits per heavy atom. The fourth-order valence-corrected chi connectivity index (χ4v) is 6.14. The van der Waals surface area contributed by atoms with Crippen LogP contribution < -0.4 is 0 Å². The molecule has 0 unspecified atom stereocenters. The van der Waals surface area contributed by atoms with Crippen molar-refractivity contribution >= 4 is 21.6 Å². The number of hydrogen-bond donors (Lipinski definition) is 0. The van der Waals surface area contributed by atoms with Gasteiger partial charge in [-0.2, -0.15) is 4.31 Å². The number of aryl methyl sites for hydroxylation is 1. The maximum atomic E-state index is 13.1. The average Bonchev–Trinajstić information content (AvgIpc) is 2.66. The molecule has 1 aromatic carbocycles. The number of hydrogen-bond acceptors (Lipinski definition) is 3. The monoisotopic (exact) mass is 328 g/mol. The topological polar surface area (TPSA) is 40.6 Å². The summed E-state index contributed by atoms with van der Waals surface area (Å²) in [4.78, 5) is 2.53. The largest absolute Gasteiger partial charge is 0.304 e. The molecule has 3 heterocycles. The molecule has 0 aromatic heterocycles. The van der Waals surface area contributed by atoms with Crippen molar-refractivity contribution in [3.8, 4) is 0 Å². The van der Waals surface area contributed by atoms with Crippen LogP contribution in [0.2, 0.25) is 5.02 Å². The van der Waals surface area contributed by atoms with Crippen molar-refractivity contribution in [2.45, 2.75) is 30.7 Å². The molecule has 0 saturated carbocycles. The van der Waals surface area contributed by atoms with E-state index in [0.717, 1.165) is 31.5 Å². The van der Waals surface area contributed by atoms with Gasteiger partial charge in [0.1, 0.15) is 4.90 Å². The Hall–Kier alpha value is -0.620. The zero-order valence-electron chi connectivity index (χ0n) is 12.4. The zero-order valence-corrected chi connectivity index (χ0v) is 14.0. The highest BCUT2D eigenvalue weighted by Gasteiger charge is 2.41. The summed E-state index contributed by atoms with van der Waals surface area (Å²) in [5.74, 6) is 0.423. The normalized spacial score (nSPS) is 27.8. The van der Waals surface area contributed by atoms with Gasteiger partial charge in [-0.25, -0.2) is 8.42 Å². The smallest absolute Gasteiger partial charge is 0.245 e. The molecule has 1 aromatic rings. The van der Waals surface area contributed by atoms with E-state index in [1.807, 2.05) is 0 Å². The number of likely N-dealkylation sites (N-methyl/N-ethyl adjacent to an activating group) is 1. The summed E-state index contributed by atoms with van der Waals surface area (Å²) < 4.78 is 27.9. The van der Waals surface area contributed by atoms with Crippen molar-refractivity contribution in [3.05, 3.63) is 28.8 Å². The molecular weight excluding hydrogens is 308 g/mol. The molecule has 2 bridgehead atoms. The van der Waals surface area contributed by atoms with Crippen LogP contribution >= 0.6 is 11.6 Å². The minimum absolute atomic E-state index is 0.0643. The summed E-state index contributed by atoms with van der Waals surface area (Å²) in [7, 11) is -1.45. The molecular formula is C15H21ClN2O2S. The molecule has 0 N–H and O–H groups in total. The van der Waals surface area contributed by atoms with E-state index >= 15 is 0 Å². The van der Waals surface area contributed by atoms with Gasteiger partial charge >= 0.3 is 0 Å². The third-order valence-corrected chi connectivity index (χ3v) is 7.13. The van der Waals surface area contributed by atoms with Crippen LogP contribution in [0.25, 0.3) is 0 Å². The van der Waals surface area contributed by atoms with Crippen molar-refractivity contribution in [1.82, 2.24) is 9.21 Å². The third-order valence-electron chi connectivity index (χ3n) is 4.58. The van der Waals surface area contributed by atoms with Gasteiger partial charge in [0, 0.05) is 25.7 Å². The van der Waals surface area contributed by atoms with Crippen LogP contribution in [0.4, 0.5) is 0 Å². The number of nitrogens with zero attached hydrogens (tertiary/aromatic N) is 2. The van der Waals surface area contributed by atoms with Crippen molar-refractivity contribution in [3.63, 3.8) is 0 Å². The average molecular weight is 329 g/mol. The Balaban J connectivity index is 2.03. The first-order chi connectivity index (χ1) is 9.89. The zero-order chi connectivity index (χ0) is 15.2. The Bertz CT molecular complexity index is 627. The number of sulfonamides is 1. The van der Waals surface area contributed by atoms with E-state index in [0.29, 0.717) is 17.5 Å². The Morgan fingerprint density at radius 3 is 2.67 bits per heavy atom. The van der Waals surface area contributed by atoms with Crippen LogP contribution in [0, 0.1) is 12.8 Å². The summed E-state index contributed by atoms with van der Waals surface area (Å²) in [6.45, 7) is 4.20. The second-order valence-corrected chi connectivity index (χ2v) is 8.51. The van der Waals surface area contributed by atoms with Crippen LogP contribution in [0.1, 0.15) is 18.4 Å². The summed E-state index contributed by atoms with van der Waals surface area (Å²) in [5.41, 5.74) is 0.718. The first-order valence-electron chi connectivity index (χ1n) is 7.35. The molecule has 4 nitrogen and oxygen atoms in total. The SMILES string of the molecule is Cc1cccc(Cl)c1S(=O)(=O)N1C[C@H]2CC[C@@H]1CN(C)C2. The lowest BCUT2D eigenvalue weighted by Gasteiger charge is -2.35. The first kappa shape index (κ1) is 15.3. The van der Waals surface area contributed by atoms with Crippen molar-refractivity contribution in [2.24, 2.45) is 5.92 Å². The number of halogens is 1. The molecule has 4 rings (SSSR count). The number of fused-ring (bicyclic) bond motifs is 4. The second-order valence-electron chi connectivity index (χ2n) is 6.28. The van der Waals surface area contributed by atoms with Crippen molar-refractivity contribution in [2.75, 3.05) is 26.7 Å². The fraction of sp³-hybridized carbons (Fsp3) is 0.600. The van der Waals surface area contributed by atoms with Crippen molar-refractivity contribution in [1.29, 1.82) is 0 Å². The van der Waals surface area contributed by atoms with Gasteiger partial charge in [-0.05, 0) is 44.4 Å². The minimum Gasteiger partial charge on any atom is -0.304 e. The lowest BCUT2D eigenvalue weighted by Crippen LogP contribution is -2.47. The number of rotatable bonds is 2. The summed E-state index contributed by atoms with van der Waals surface area (Å²) in [6.07, 6.45) is 2.06. The predicted molar refractivity (Wildman–Crippen MR) is 84.1 cm³/mol. The molecule has 3 aliphatic heterocycles. The van der Waals surface area contributed by atoms with E-state index in [4.69, 9.17) is 11.6 Å². The van der Waals surface area contributed by atoms with Crippen LogP contribution in [0.5, 0.6) is 0 Å². The second kappa shape index (κ2) is 5.54. The minimum atomic E-state index is -3.53. The van der Waals surface area contributed by atoms with E-state index in [2.05, 4.69) is 11.9 Å².